The summed E-state index contributed by atoms with van der Waals surface area (Å²) in [4.78, 5) is 2.56. The molecule has 0 amide bonds. The molecule has 3 aliphatic heterocycles. The minimum absolute atomic E-state index is 0.0530. The molecule has 14 atom stereocenters. The van der Waals surface area contributed by atoms with Crippen molar-refractivity contribution >= 4 is 0 Å². The smallest absolute Gasteiger partial charge is 0.170 e. The highest BCUT2D eigenvalue weighted by Crippen LogP contribution is 2.87. The van der Waals surface area contributed by atoms with Gasteiger partial charge in [-0.2, -0.15) is 0 Å². The minimum Gasteiger partial charge on any atom is -0.388 e. The first-order chi connectivity index (χ1) is 22.1. The van der Waals surface area contributed by atoms with Crippen LogP contribution >= 0.6 is 0 Å². The number of hydrogen-bond donors (Lipinski definition) is 4. The number of rotatable bonds is 7. The number of morpholine rings is 1. The summed E-state index contributed by atoms with van der Waals surface area (Å²) in [5, 5.41) is 26.9. The Balaban J connectivity index is 1.03. The van der Waals surface area contributed by atoms with E-state index in [0.717, 1.165) is 64.9 Å². The van der Waals surface area contributed by atoms with Crippen molar-refractivity contribution in [2.45, 2.75) is 154 Å². The summed E-state index contributed by atoms with van der Waals surface area (Å²) >= 11 is 0. The Bertz CT molecular complexity index is 1210. The largest absolute Gasteiger partial charge is 0.388 e. The van der Waals surface area contributed by atoms with E-state index in [9.17, 15) is 10.2 Å². The van der Waals surface area contributed by atoms with Crippen molar-refractivity contribution in [2.75, 3.05) is 39.4 Å². The number of hydrogen-bond acceptors (Lipinski definition) is 9. The zero-order valence-corrected chi connectivity index (χ0v) is 30.3. The number of ether oxygens (including phenoxy) is 4. The molecule has 8 aliphatic rings. The van der Waals surface area contributed by atoms with Crippen LogP contribution in [0.15, 0.2) is 0 Å². The van der Waals surface area contributed by atoms with Gasteiger partial charge in [0, 0.05) is 38.8 Å². The maximum atomic E-state index is 12.5. The van der Waals surface area contributed by atoms with Crippen molar-refractivity contribution in [1.29, 1.82) is 0 Å². The van der Waals surface area contributed by atoms with E-state index in [-0.39, 0.29) is 58.1 Å². The molecule has 0 aromatic heterocycles. The molecule has 3 saturated heterocycles. The summed E-state index contributed by atoms with van der Waals surface area (Å²) in [6, 6.07) is 0.622. The van der Waals surface area contributed by atoms with E-state index >= 15 is 0 Å². The molecule has 5 aliphatic carbocycles. The molecule has 9 heteroatoms. The van der Waals surface area contributed by atoms with E-state index in [4.69, 9.17) is 24.7 Å². The monoisotopic (exact) mass is 659 g/mol. The van der Waals surface area contributed by atoms with Crippen LogP contribution in [0.3, 0.4) is 0 Å². The number of aliphatic hydroxyl groups is 2. The van der Waals surface area contributed by atoms with Gasteiger partial charge in [0.2, 0.25) is 0 Å². The molecule has 0 aromatic rings. The van der Waals surface area contributed by atoms with Crippen LogP contribution in [0.4, 0.5) is 0 Å². The third-order valence-corrected chi connectivity index (χ3v) is 16.3. The Morgan fingerprint density at radius 2 is 1.79 bits per heavy atom. The number of fused-ring (bicyclic) bond motifs is 4. The van der Waals surface area contributed by atoms with Crippen LogP contribution in [0.5, 0.6) is 0 Å². The van der Waals surface area contributed by atoms with E-state index in [2.05, 4.69) is 37.9 Å². The first-order valence-corrected chi connectivity index (χ1v) is 19.3. The van der Waals surface area contributed by atoms with E-state index < -0.39 is 23.3 Å². The first-order valence-electron chi connectivity index (χ1n) is 19.3. The zero-order valence-electron chi connectivity index (χ0n) is 30.3. The molecule has 9 nitrogen and oxygen atoms in total. The lowest BCUT2D eigenvalue weighted by Gasteiger charge is -2.63. The summed E-state index contributed by atoms with van der Waals surface area (Å²) in [5.41, 5.74) is 6.43. The molecule has 0 bridgehead atoms. The normalized spacial score (nSPS) is 53.1. The topological polar surface area (TPSA) is 119 Å². The molecule has 8 fully saturated rings. The van der Waals surface area contributed by atoms with E-state index in [1.807, 2.05) is 20.8 Å². The number of nitrogens with one attached hydrogen (secondary N) is 1. The molecule has 3 heterocycles. The second-order valence-electron chi connectivity index (χ2n) is 19.0. The predicted octanol–water partition coefficient (Wildman–Crippen LogP) is 3.68. The number of nitrogens with zero attached hydrogens (tertiary/aromatic N) is 1. The predicted molar refractivity (Wildman–Crippen MR) is 179 cm³/mol. The van der Waals surface area contributed by atoms with Gasteiger partial charge in [0.15, 0.2) is 6.29 Å². The minimum atomic E-state index is -1.04. The molecular weight excluding hydrogens is 594 g/mol. The van der Waals surface area contributed by atoms with Crippen LogP contribution in [0.1, 0.15) is 99.8 Å². The average molecular weight is 660 g/mol. The van der Waals surface area contributed by atoms with Gasteiger partial charge in [-0.05, 0) is 117 Å². The van der Waals surface area contributed by atoms with Crippen molar-refractivity contribution in [3.63, 3.8) is 0 Å². The molecule has 2 spiro atoms. The third-order valence-electron chi connectivity index (χ3n) is 16.3. The lowest BCUT2D eigenvalue weighted by molar-refractivity contribution is -0.249. The Kier molecular flexibility index (Phi) is 7.95. The summed E-state index contributed by atoms with van der Waals surface area (Å²) in [5.74, 6) is 1.39. The van der Waals surface area contributed by atoms with Crippen molar-refractivity contribution in [1.82, 2.24) is 10.2 Å². The SMILES string of the molecule is CCOC(C1CC(C)C2C(O1)C(O)C1(N)C3CCC4C(C)(C)C(OC5CN(C6CNC6)CCO5)CCC45CC35CCC21C)C(C)(C)O. The highest BCUT2D eigenvalue weighted by atomic mass is 16.7. The summed E-state index contributed by atoms with van der Waals surface area (Å²) in [6.07, 6.45) is 7.06. The Labute approximate surface area is 283 Å². The average Bonchev–Trinajstić information content (AvgIpc) is 3.61. The number of nitrogens with two attached hydrogens (primary N) is 1. The standard InChI is InChI=1S/C38H65N3O6/c1-8-44-32(34(5,6)43)24-17-22(2)29-30(46-24)31(42)38(39)26-10-9-25-33(3,4)27(47-28-20-41(15-16-45-28)23-18-40-19-23)11-12-36(25)21-37(26,36)14-13-35(29,38)7/h22-32,40,42-43H,8-21,39H2,1-7H3. The molecule has 5 saturated carbocycles. The molecule has 8 rings (SSSR count). The molecule has 268 valence electrons. The maximum Gasteiger partial charge on any atom is 0.170 e. The Morgan fingerprint density at radius 3 is 2.47 bits per heavy atom. The van der Waals surface area contributed by atoms with Gasteiger partial charge >= 0.3 is 0 Å². The molecule has 5 N–H and O–H groups in total. The van der Waals surface area contributed by atoms with Crippen molar-refractivity contribution in [3.05, 3.63) is 0 Å². The van der Waals surface area contributed by atoms with Gasteiger partial charge in [-0.15, -0.1) is 0 Å². The molecule has 0 aromatic carbocycles. The zero-order chi connectivity index (χ0) is 33.4. The van der Waals surface area contributed by atoms with Crippen LogP contribution < -0.4 is 11.1 Å². The van der Waals surface area contributed by atoms with Crippen molar-refractivity contribution in [2.24, 2.45) is 51.1 Å². The first kappa shape index (κ1) is 33.8. The summed E-state index contributed by atoms with van der Waals surface area (Å²) in [7, 11) is 0. The van der Waals surface area contributed by atoms with Gasteiger partial charge in [-0.25, -0.2) is 0 Å². The fourth-order valence-electron chi connectivity index (χ4n) is 14.1. The van der Waals surface area contributed by atoms with Crippen LogP contribution in [0, 0.1) is 45.3 Å². The van der Waals surface area contributed by atoms with Gasteiger partial charge in [0.05, 0.1) is 42.2 Å². The lowest BCUT2D eigenvalue weighted by Crippen LogP contribution is -2.70. The van der Waals surface area contributed by atoms with Crippen molar-refractivity contribution < 1.29 is 29.2 Å². The van der Waals surface area contributed by atoms with Crippen LogP contribution in [0.2, 0.25) is 0 Å². The van der Waals surface area contributed by atoms with Gasteiger partial charge < -0.3 is 40.2 Å². The van der Waals surface area contributed by atoms with E-state index in [0.29, 0.717) is 24.5 Å². The summed E-state index contributed by atoms with van der Waals surface area (Å²) in [6.45, 7) is 20.6. The summed E-state index contributed by atoms with van der Waals surface area (Å²) < 4.78 is 26.1. The van der Waals surface area contributed by atoms with Gasteiger partial charge in [-0.3, -0.25) is 4.90 Å². The maximum absolute atomic E-state index is 12.5. The van der Waals surface area contributed by atoms with Crippen LogP contribution in [-0.2, 0) is 18.9 Å². The molecular formula is C38H65N3O6. The molecule has 14 unspecified atom stereocenters. The number of aliphatic hydroxyl groups excluding tert-OH is 1. The second-order valence-corrected chi connectivity index (χ2v) is 19.0. The third kappa shape index (κ3) is 4.52. The fourth-order valence-corrected chi connectivity index (χ4v) is 14.1. The Hall–Kier alpha value is -0.360. The van der Waals surface area contributed by atoms with Gasteiger partial charge in [0.25, 0.3) is 0 Å². The molecule has 47 heavy (non-hydrogen) atoms. The highest BCUT2D eigenvalue weighted by molar-refractivity contribution is 5.35. The molecule has 0 radical (unpaired) electrons. The van der Waals surface area contributed by atoms with E-state index in [1.54, 1.807) is 0 Å². The second kappa shape index (κ2) is 11.1. The van der Waals surface area contributed by atoms with E-state index in [1.165, 1.54) is 19.3 Å². The fraction of sp³-hybridized carbons (Fsp3) is 1.00. The van der Waals surface area contributed by atoms with Gasteiger partial charge in [-0.1, -0.05) is 27.7 Å². The quantitative estimate of drug-likeness (QED) is 0.325. The van der Waals surface area contributed by atoms with Crippen LogP contribution in [-0.4, -0.2) is 108 Å². The van der Waals surface area contributed by atoms with Crippen LogP contribution in [0.25, 0.3) is 0 Å². The Morgan fingerprint density at radius 1 is 1.06 bits per heavy atom. The van der Waals surface area contributed by atoms with Crippen molar-refractivity contribution in [3.8, 4) is 0 Å². The lowest BCUT2D eigenvalue weighted by atomic mass is 9.43. The highest BCUT2D eigenvalue weighted by Gasteiger charge is 2.85. The van der Waals surface area contributed by atoms with Gasteiger partial charge in [0.1, 0.15) is 6.10 Å².